The van der Waals surface area contributed by atoms with Gasteiger partial charge >= 0.3 is 0 Å². The number of aromatic nitrogens is 2. The van der Waals surface area contributed by atoms with E-state index in [2.05, 4.69) is 10.4 Å². The number of anilines is 1. The molecule has 1 unspecified atom stereocenters. The molecular weight excluding hydrogens is 338 g/mol. The molecule has 1 aliphatic heterocycles. The van der Waals surface area contributed by atoms with Gasteiger partial charge in [-0.15, -0.1) is 0 Å². The summed E-state index contributed by atoms with van der Waals surface area (Å²) in [6.07, 6.45) is 3.66. The number of ether oxygens (including phenoxy) is 1. The Labute approximate surface area is 150 Å². The molecule has 4 rings (SSSR count). The fraction of sp³-hybridized carbons (Fsp3) is 0.158. The van der Waals surface area contributed by atoms with Crippen LogP contribution in [-0.4, -0.2) is 21.8 Å². The summed E-state index contributed by atoms with van der Waals surface area (Å²) in [4.78, 5) is 12.4. The molecule has 3 aromatic rings. The number of fused-ring (bicyclic) bond motifs is 1. The molecule has 0 aliphatic carbocycles. The Hall–Kier alpha value is -2.79. The third-order valence-electron chi connectivity index (χ3n) is 4.11. The molecule has 5 nitrogen and oxygen atoms in total. The first-order valence-corrected chi connectivity index (χ1v) is 8.37. The zero-order valence-corrected chi connectivity index (χ0v) is 14.1. The van der Waals surface area contributed by atoms with Gasteiger partial charge in [-0.25, -0.2) is 0 Å². The van der Waals surface area contributed by atoms with Gasteiger partial charge in [-0.05, 0) is 47.5 Å². The second-order valence-corrected chi connectivity index (χ2v) is 6.39. The molecule has 2 heterocycles. The van der Waals surface area contributed by atoms with Gasteiger partial charge in [-0.3, -0.25) is 9.48 Å². The topological polar surface area (TPSA) is 56.2 Å². The normalized spacial score (nSPS) is 15.5. The van der Waals surface area contributed by atoms with Crippen molar-refractivity contribution in [2.75, 3.05) is 5.32 Å². The molecule has 1 aromatic heterocycles. The number of hydrogen-bond donors (Lipinski definition) is 1. The number of hydrogen-bond acceptors (Lipinski definition) is 3. The molecule has 1 aliphatic rings. The van der Waals surface area contributed by atoms with Gasteiger partial charge in [0.15, 0.2) is 6.10 Å². The predicted octanol–water partition coefficient (Wildman–Crippen LogP) is 3.53. The maximum absolute atomic E-state index is 12.4. The largest absolute Gasteiger partial charge is 0.480 e. The third kappa shape index (κ3) is 3.51. The monoisotopic (exact) mass is 353 g/mol. The van der Waals surface area contributed by atoms with Crippen LogP contribution in [0.2, 0.25) is 5.02 Å². The lowest BCUT2D eigenvalue weighted by Crippen LogP contribution is -2.31. The lowest BCUT2D eigenvalue weighted by molar-refractivity contribution is -0.122. The molecule has 0 radical (unpaired) electrons. The minimum Gasteiger partial charge on any atom is -0.480 e. The summed E-state index contributed by atoms with van der Waals surface area (Å²) in [7, 11) is 0. The number of nitrogens with zero attached hydrogens (tertiary/aromatic N) is 2. The molecule has 0 saturated carbocycles. The molecule has 0 fully saturated rings. The predicted molar refractivity (Wildman–Crippen MR) is 96.0 cm³/mol. The third-order valence-corrected chi connectivity index (χ3v) is 4.35. The van der Waals surface area contributed by atoms with Crippen LogP contribution in [-0.2, 0) is 17.8 Å². The van der Waals surface area contributed by atoms with Gasteiger partial charge in [0.2, 0.25) is 0 Å². The van der Waals surface area contributed by atoms with E-state index < -0.39 is 6.10 Å². The average Bonchev–Trinajstić information content (AvgIpc) is 3.25. The molecule has 0 saturated heterocycles. The quantitative estimate of drug-likeness (QED) is 0.780. The van der Waals surface area contributed by atoms with E-state index in [4.69, 9.17) is 16.3 Å². The van der Waals surface area contributed by atoms with E-state index in [1.54, 1.807) is 18.3 Å². The van der Waals surface area contributed by atoms with Gasteiger partial charge in [0.1, 0.15) is 5.75 Å². The minimum atomic E-state index is -0.530. The van der Waals surface area contributed by atoms with Gasteiger partial charge in [-0.1, -0.05) is 23.7 Å². The Kier molecular flexibility index (Phi) is 4.15. The van der Waals surface area contributed by atoms with Crippen molar-refractivity contribution in [1.29, 1.82) is 0 Å². The summed E-state index contributed by atoms with van der Waals surface area (Å²) in [6.45, 7) is 0.697. The first-order valence-electron chi connectivity index (χ1n) is 8.00. The molecule has 6 heteroatoms. The van der Waals surface area contributed by atoms with Crippen molar-refractivity contribution in [3.63, 3.8) is 0 Å². The zero-order chi connectivity index (χ0) is 17.2. The van der Waals surface area contributed by atoms with Gasteiger partial charge in [0.05, 0.1) is 6.54 Å². The van der Waals surface area contributed by atoms with E-state index >= 15 is 0 Å². The van der Waals surface area contributed by atoms with Crippen molar-refractivity contribution >= 4 is 23.2 Å². The van der Waals surface area contributed by atoms with E-state index in [9.17, 15) is 4.79 Å². The second-order valence-electron chi connectivity index (χ2n) is 5.95. The van der Waals surface area contributed by atoms with Gasteiger partial charge in [-0.2, -0.15) is 5.10 Å². The fourth-order valence-electron chi connectivity index (χ4n) is 2.86. The summed E-state index contributed by atoms with van der Waals surface area (Å²) in [5.74, 6) is 0.561. The molecule has 1 amide bonds. The first kappa shape index (κ1) is 15.7. The van der Waals surface area contributed by atoms with Gasteiger partial charge in [0.25, 0.3) is 5.91 Å². The van der Waals surface area contributed by atoms with Crippen molar-refractivity contribution in [3.05, 3.63) is 77.1 Å². The van der Waals surface area contributed by atoms with E-state index in [-0.39, 0.29) is 5.91 Å². The van der Waals surface area contributed by atoms with Crippen LogP contribution < -0.4 is 10.1 Å². The maximum Gasteiger partial charge on any atom is 0.265 e. The Morgan fingerprint density at radius 2 is 2.12 bits per heavy atom. The highest BCUT2D eigenvalue weighted by Gasteiger charge is 2.29. The van der Waals surface area contributed by atoms with Crippen molar-refractivity contribution in [3.8, 4) is 5.75 Å². The standard InChI is InChI=1S/C19H16ClN3O2/c20-15-4-7-17-14(10-15)11-18(25-17)19(24)22-16-5-2-13(3-6-16)12-23-9-1-8-21-23/h1-10,18H,11-12H2,(H,22,24). The number of benzene rings is 2. The SMILES string of the molecule is O=C(Nc1ccc(Cn2cccn2)cc1)C1Cc2cc(Cl)ccc2O1. The Balaban J connectivity index is 1.38. The first-order chi connectivity index (χ1) is 12.2. The Morgan fingerprint density at radius 3 is 2.88 bits per heavy atom. The second kappa shape index (κ2) is 6.61. The molecule has 0 spiro atoms. The van der Waals surface area contributed by atoms with Crippen LogP contribution in [0.5, 0.6) is 5.75 Å². The molecule has 0 bridgehead atoms. The van der Waals surface area contributed by atoms with Gasteiger partial charge < -0.3 is 10.1 Å². The van der Waals surface area contributed by atoms with Crippen molar-refractivity contribution in [2.24, 2.45) is 0 Å². The zero-order valence-electron chi connectivity index (χ0n) is 13.4. The highest BCUT2D eigenvalue weighted by atomic mass is 35.5. The summed E-state index contributed by atoms with van der Waals surface area (Å²) < 4.78 is 7.56. The van der Waals surface area contributed by atoms with E-state index in [1.165, 1.54) is 0 Å². The lowest BCUT2D eigenvalue weighted by Gasteiger charge is -2.12. The molecule has 25 heavy (non-hydrogen) atoms. The summed E-state index contributed by atoms with van der Waals surface area (Å²) in [6, 6.07) is 15.0. The molecule has 1 N–H and O–H groups in total. The van der Waals surface area contributed by atoms with Crippen LogP contribution in [0.4, 0.5) is 5.69 Å². The van der Waals surface area contributed by atoms with E-state index in [1.807, 2.05) is 47.3 Å². The molecule has 2 aromatic carbocycles. The highest BCUT2D eigenvalue weighted by Crippen LogP contribution is 2.31. The van der Waals surface area contributed by atoms with Crippen molar-refractivity contribution in [1.82, 2.24) is 9.78 Å². The summed E-state index contributed by atoms with van der Waals surface area (Å²) in [5.41, 5.74) is 2.81. The van der Waals surface area contributed by atoms with Crippen LogP contribution in [0.1, 0.15) is 11.1 Å². The smallest absolute Gasteiger partial charge is 0.265 e. The average molecular weight is 354 g/mol. The molecule has 1 atom stereocenters. The summed E-state index contributed by atoms with van der Waals surface area (Å²) in [5, 5.41) is 7.73. The van der Waals surface area contributed by atoms with E-state index in [0.29, 0.717) is 18.0 Å². The van der Waals surface area contributed by atoms with Crippen LogP contribution in [0.15, 0.2) is 60.9 Å². The number of carbonyl (C=O) groups is 1. The summed E-state index contributed by atoms with van der Waals surface area (Å²) >= 11 is 5.98. The Morgan fingerprint density at radius 1 is 1.28 bits per heavy atom. The van der Waals surface area contributed by atoms with Crippen LogP contribution >= 0.6 is 11.6 Å². The highest BCUT2D eigenvalue weighted by molar-refractivity contribution is 6.30. The van der Waals surface area contributed by atoms with Crippen molar-refractivity contribution in [2.45, 2.75) is 19.1 Å². The lowest BCUT2D eigenvalue weighted by atomic mass is 10.1. The van der Waals surface area contributed by atoms with Crippen LogP contribution in [0.25, 0.3) is 0 Å². The minimum absolute atomic E-state index is 0.160. The number of amides is 1. The molecule has 126 valence electrons. The number of nitrogens with one attached hydrogen (secondary N) is 1. The van der Waals surface area contributed by atoms with Crippen LogP contribution in [0.3, 0.4) is 0 Å². The fourth-order valence-corrected chi connectivity index (χ4v) is 3.06. The number of rotatable bonds is 4. The van der Waals surface area contributed by atoms with Crippen molar-refractivity contribution < 1.29 is 9.53 Å². The van der Waals surface area contributed by atoms with Gasteiger partial charge in [0, 0.05) is 29.5 Å². The van der Waals surface area contributed by atoms with Crippen LogP contribution in [0, 0.1) is 0 Å². The maximum atomic E-state index is 12.4. The number of carbonyl (C=O) groups excluding carboxylic acids is 1. The molecular formula is C19H16ClN3O2. The Bertz CT molecular complexity index is 892. The number of halogens is 1. The van der Waals surface area contributed by atoms with E-state index in [0.717, 1.165) is 22.6 Å².